The summed E-state index contributed by atoms with van der Waals surface area (Å²) >= 11 is 1.67. The SMILES string of the molecule is CC(C)(C)SCC(=O)NCCc1ccc(-n2cccn2)cc1. The fourth-order valence-electron chi connectivity index (χ4n) is 1.92. The minimum Gasteiger partial charge on any atom is -0.355 e. The Kier molecular flexibility index (Phi) is 5.66. The van der Waals surface area contributed by atoms with Crippen LogP contribution in [-0.4, -0.2) is 32.7 Å². The first-order valence-electron chi connectivity index (χ1n) is 7.44. The first-order valence-corrected chi connectivity index (χ1v) is 8.42. The molecule has 1 aromatic carbocycles. The van der Waals surface area contributed by atoms with Crippen LogP contribution in [0.4, 0.5) is 0 Å². The second kappa shape index (κ2) is 7.49. The third-order valence-electron chi connectivity index (χ3n) is 3.08. The third kappa shape index (κ3) is 5.56. The van der Waals surface area contributed by atoms with E-state index in [1.54, 1.807) is 18.0 Å². The van der Waals surface area contributed by atoms with Gasteiger partial charge in [0.05, 0.1) is 11.4 Å². The minimum atomic E-state index is 0.105. The summed E-state index contributed by atoms with van der Waals surface area (Å²) in [5.41, 5.74) is 2.25. The van der Waals surface area contributed by atoms with Crippen LogP contribution >= 0.6 is 11.8 Å². The van der Waals surface area contributed by atoms with Crippen LogP contribution in [0.5, 0.6) is 0 Å². The van der Waals surface area contributed by atoms with Crippen molar-refractivity contribution in [3.05, 3.63) is 48.3 Å². The highest BCUT2D eigenvalue weighted by atomic mass is 32.2. The van der Waals surface area contributed by atoms with E-state index < -0.39 is 0 Å². The number of nitrogens with zero attached hydrogens (tertiary/aromatic N) is 2. The van der Waals surface area contributed by atoms with E-state index in [0.717, 1.165) is 12.1 Å². The lowest BCUT2D eigenvalue weighted by molar-refractivity contribution is -0.118. The highest BCUT2D eigenvalue weighted by Gasteiger charge is 2.12. The van der Waals surface area contributed by atoms with Gasteiger partial charge in [-0.1, -0.05) is 32.9 Å². The molecule has 0 saturated carbocycles. The van der Waals surface area contributed by atoms with Gasteiger partial charge in [-0.15, -0.1) is 11.8 Å². The van der Waals surface area contributed by atoms with E-state index in [1.807, 2.05) is 29.1 Å². The molecule has 4 nitrogen and oxygen atoms in total. The number of rotatable bonds is 6. The smallest absolute Gasteiger partial charge is 0.230 e. The summed E-state index contributed by atoms with van der Waals surface area (Å²) < 4.78 is 1.95. The van der Waals surface area contributed by atoms with Crippen molar-refractivity contribution >= 4 is 17.7 Å². The number of carbonyl (C=O) groups is 1. The lowest BCUT2D eigenvalue weighted by Crippen LogP contribution is -2.28. The fraction of sp³-hybridized carbons (Fsp3) is 0.412. The second-order valence-electron chi connectivity index (χ2n) is 6.12. The summed E-state index contributed by atoms with van der Waals surface area (Å²) in [6, 6.07) is 10.1. The van der Waals surface area contributed by atoms with Gasteiger partial charge in [0.2, 0.25) is 5.91 Å². The van der Waals surface area contributed by atoms with E-state index >= 15 is 0 Å². The van der Waals surface area contributed by atoms with Gasteiger partial charge in [-0.05, 0) is 30.2 Å². The molecule has 1 heterocycles. The predicted octanol–water partition coefficient (Wildman–Crippen LogP) is 3.06. The van der Waals surface area contributed by atoms with Gasteiger partial charge in [0.15, 0.2) is 0 Å². The first kappa shape index (κ1) is 16.6. The second-order valence-corrected chi connectivity index (χ2v) is 7.92. The highest BCUT2D eigenvalue weighted by molar-refractivity contribution is 8.01. The van der Waals surface area contributed by atoms with E-state index in [1.165, 1.54) is 5.56 Å². The Hall–Kier alpha value is -1.75. The van der Waals surface area contributed by atoms with Gasteiger partial charge in [0, 0.05) is 23.7 Å². The number of amides is 1. The van der Waals surface area contributed by atoms with Crippen molar-refractivity contribution in [3.63, 3.8) is 0 Å². The van der Waals surface area contributed by atoms with Gasteiger partial charge in [-0.2, -0.15) is 5.10 Å². The molecule has 0 aliphatic heterocycles. The van der Waals surface area contributed by atoms with Crippen LogP contribution in [0.25, 0.3) is 5.69 Å². The summed E-state index contributed by atoms with van der Waals surface area (Å²) in [4.78, 5) is 11.7. The Morgan fingerprint density at radius 3 is 2.59 bits per heavy atom. The maximum absolute atomic E-state index is 11.7. The molecule has 0 bridgehead atoms. The molecule has 0 unspecified atom stereocenters. The average Bonchev–Trinajstić information content (AvgIpc) is 2.99. The maximum atomic E-state index is 11.7. The number of hydrogen-bond acceptors (Lipinski definition) is 3. The average molecular weight is 317 g/mol. The molecule has 0 fully saturated rings. The number of benzene rings is 1. The molecule has 0 aliphatic carbocycles. The Morgan fingerprint density at radius 1 is 1.27 bits per heavy atom. The van der Waals surface area contributed by atoms with E-state index in [0.29, 0.717) is 12.3 Å². The van der Waals surface area contributed by atoms with Crippen LogP contribution in [0.3, 0.4) is 0 Å². The van der Waals surface area contributed by atoms with Crippen molar-refractivity contribution in [1.29, 1.82) is 0 Å². The van der Waals surface area contributed by atoms with Crippen molar-refractivity contribution < 1.29 is 4.79 Å². The monoisotopic (exact) mass is 317 g/mol. The summed E-state index contributed by atoms with van der Waals surface area (Å²) in [5, 5.41) is 7.17. The molecule has 0 radical (unpaired) electrons. The maximum Gasteiger partial charge on any atom is 0.230 e. The van der Waals surface area contributed by atoms with Gasteiger partial charge < -0.3 is 5.32 Å². The number of aromatic nitrogens is 2. The number of nitrogens with one attached hydrogen (secondary N) is 1. The minimum absolute atomic E-state index is 0.105. The molecule has 0 atom stereocenters. The van der Waals surface area contributed by atoms with Crippen LogP contribution in [-0.2, 0) is 11.2 Å². The number of carbonyl (C=O) groups excluding carboxylic acids is 1. The van der Waals surface area contributed by atoms with Crippen molar-refractivity contribution in [2.45, 2.75) is 31.9 Å². The Balaban J connectivity index is 1.74. The third-order valence-corrected chi connectivity index (χ3v) is 4.35. The fourth-order valence-corrected chi connectivity index (χ4v) is 2.58. The van der Waals surface area contributed by atoms with Crippen LogP contribution in [0.15, 0.2) is 42.7 Å². The Morgan fingerprint density at radius 2 is 2.00 bits per heavy atom. The predicted molar refractivity (Wildman–Crippen MR) is 92.5 cm³/mol. The van der Waals surface area contributed by atoms with E-state index in [2.05, 4.69) is 43.3 Å². The topological polar surface area (TPSA) is 46.9 Å². The summed E-state index contributed by atoms with van der Waals surface area (Å²) in [7, 11) is 0. The molecular formula is C17H23N3OS. The first-order chi connectivity index (χ1) is 10.4. The Labute approximate surface area is 136 Å². The lowest BCUT2D eigenvalue weighted by Gasteiger charge is -2.16. The van der Waals surface area contributed by atoms with Crippen molar-refractivity contribution in [1.82, 2.24) is 15.1 Å². The standard InChI is InChI=1S/C17H23N3OS/c1-17(2,3)22-13-16(21)18-11-9-14-5-7-15(8-6-14)20-12-4-10-19-20/h4-8,10,12H,9,11,13H2,1-3H3,(H,18,21). The zero-order chi connectivity index (χ0) is 16.0. The molecule has 118 valence electrons. The highest BCUT2D eigenvalue weighted by Crippen LogP contribution is 2.22. The molecule has 2 aromatic rings. The molecular weight excluding hydrogens is 294 g/mol. The summed E-state index contributed by atoms with van der Waals surface area (Å²) in [6.45, 7) is 7.02. The number of hydrogen-bond donors (Lipinski definition) is 1. The van der Waals surface area contributed by atoms with E-state index in [-0.39, 0.29) is 10.7 Å². The molecule has 1 N–H and O–H groups in total. The van der Waals surface area contributed by atoms with E-state index in [4.69, 9.17) is 0 Å². The van der Waals surface area contributed by atoms with Crippen molar-refractivity contribution in [2.75, 3.05) is 12.3 Å². The van der Waals surface area contributed by atoms with Gasteiger partial charge in [0.1, 0.15) is 0 Å². The normalized spacial score (nSPS) is 11.4. The molecule has 0 saturated heterocycles. The van der Waals surface area contributed by atoms with Gasteiger partial charge in [0.25, 0.3) is 0 Å². The molecule has 0 aliphatic rings. The van der Waals surface area contributed by atoms with Gasteiger partial charge in [-0.3, -0.25) is 4.79 Å². The summed E-state index contributed by atoms with van der Waals surface area (Å²) in [5.74, 6) is 0.620. The molecule has 0 spiro atoms. The van der Waals surface area contributed by atoms with Crippen LogP contribution < -0.4 is 5.32 Å². The van der Waals surface area contributed by atoms with Crippen molar-refractivity contribution in [3.8, 4) is 5.69 Å². The lowest BCUT2D eigenvalue weighted by atomic mass is 10.1. The zero-order valence-electron chi connectivity index (χ0n) is 13.4. The molecule has 1 aromatic heterocycles. The molecule has 2 rings (SSSR count). The zero-order valence-corrected chi connectivity index (χ0v) is 14.2. The van der Waals surface area contributed by atoms with Gasteiger partial charge >= 0.3 is 0 Å². The molecule has 5 heteroatoms. The molecule has 22 heavy (non-hydrogen) atoms. The van der Waals surface area contributed by atoms with Gasteiger partial charge in [-0.25, -0.2) is 4.68 Å². The van der Waals surface area contributed by atoms with Crippen molar-refractivity contribution in [2.24, 2.45) is 0 Å². The van der Waals surface area contributed by atoms with Crippen LogP contribution in [0, 0.1) is 0 Å². The van der Waals surface area contributed by atoms with Crippen LogP contribution in [0.1, 0.15) is 26.3 Å². The number of thioether (sulfide) groups is 1. The van der Waals surface area contributed by atoms with E-state index in [9.17, 15) is 4.79 Å². The quantitative estimate of drug-likeness (QED) is 0.891. The Bertz CT molecular complexity index is 585. The largest absolute Gasteiger partial charge is 0.355 e. The van der Waals surface area contributed by atoms with Crippen LogP contribution in [0.2, 0.25) is 0 Å². The summed E-state index contributed by atoms with van der Waals surface area (Å²) in [6.07, 6.45) is 4.52. The molecule has 1 amide bonds.